The van der Waals surface area contributed by atoms with Gasteiger partial charge in [-0.3, -0.25) is 9.59 Å². The summed E-state index contributed by atoms with van der Waals surface area (Å²) in [6.45, 7) is 2.28. The van der Waals surface area contributed by atoms with Gasteiger partial charge in [-0.2, -0.15) is 0 Å². The van der Waals surface area contributed by atoms with Crippen molar-refractivity contribution in [2.24, 2.45) is 0 Å². The molecule has 0 radical (unpaired) electrons. The van der Waals surface area contributed by atoms with Crippen LogP contribution in [0.25, 0.3) is 0 Å². The number of rotatable bonds is 6. The smallest absolute Gasteiger partial charge is 0.315 e. The van der Waals surface area contributed by atoms with Crippen molar-refractivity contribution in [2.45, 2.75) is 19.9 Å². The number of carbonyl (C=O) groups excluding carboxylic acids is 2. The summed E-state index contributed by atoms with van der Waals surface area (Å²) in [5.74, 6) is -1.40. The minimum atomic E-state index is -0.615. The highest BCUT2D eigenvalue weighted by molar-refractivity contribution is 5.94. The zero-order chi connectivity index (χ0) is 14.3. The number of benzene rings is 1. The van der Waals surface area contributed by atoms with E-state index < -0.39 is 17.7 Å². The van der Waals surface area contributed by atoms with Gasteiger partial charge in [0, 0.05) is 6.54 Å². The molecule has 1 amide bonds. The topological polar surface area (TPSA) is 64.6 Å². The van der Waals surface area contributed by atoms with Crippen LogP contribution in [-0.4, -0.2) is 25.6 Å². The van der Waals surface area contributed by atoms with E-state index in [1.165, 1.54) is 19.2 Å². The third-order valence-corrected chi connectivity index (χ3v) is 2.32. The summed E-state index contributed by atoms with van der Waals surface area (Å²) in [4.78, 5) is 22.2. The first-order valence-electron chi connectivity index (χ1n) is 5.81. The molecule has 1 rings (SSSR count). The fourth-order valence-electron chi connectivity index (χ4n) is 1.39. The van der Waals surface area contributed by atoms with Crippen molar-refractivity contribution in [1.29, 1.82) is 0 Å². The van der Waals surface area contributed by atoms with Crippen molar-refractivity contribution in [2.75, 3.05) is 13.7 Å². The molecule has 0 aliphatic carbocycles. The molecular formula is C13H16FNO4. The molecule has 0 aliphatic rings. The Morgan fingerprint density at radius 1 is 1.37 bits per heavy atom. The number of methoxy groups -OCH3 is 1. The van der Waals surface area contributed by atoms with Gasteiger partial charge in [0.2, 0.25) is 5.91 Å². The lowest BCUT2D eigenvalue weighted by atomic mass is 10.2. The molecule has 6 heteroatoms. The fraction of sp³-hybridized carbons (Fsp3) is 0.385. The van der Waals surface area contributed by atoms with Gasteiger partial charge in [-0.15, -0.1) is 0 Å². The monoisotopic (exact) mass is 269 g/mol. The number of amides is 1. The molecule has 0 fully saturated rings. The van der Waals surface area contributed by atoms with Crippen LogP contribution < -0.4 is 10.1 Å². The van der Waals surface area contributed by atoms with Crippen LogP contribution in [0.2, 0.25) is 0 Å². The van der Waals surface area contributed by atoms with Crippen LogP contribution in [0.15, 0.2) is 18.2 Å². The fourth-order valence-corrected chi connectivity index (χ4v) is 1.39. The van der Waals surface area contributed by atoms with Gasteiger partial charge in [-0.25, -0.2) is 4.39 Å². The SMILES string of the molecule is CCOc1ccc(CNC(=O)CC(=O)OC)cc1F. The highest BCUT2D eigenvalue weighted by atomic mass is 19.1. The Labute approximate surface area is 110 Å². The Kier molecular flexibility index (Phi) is 5.78. The van der Waals surface area contributed by atoms with Crippen LogP contribution in [0, 0.1) is 5.82 Å². The molecule has 0 atom stereocenters. The van der Waals surface area contributed by atoms with Crippen molar-refractivity contribution >= 4 is 11.9 Å². The summed E-state index contributed by atoms with van der Waals surface area (Å²) >= 11 is 0. The molecular weight excluding hydrogens is 253 g/mol. The first-order chi connectivity index (χ1) is 9.06. The average molecular weight is 269 g/mol. The molecule has 0 bridgehead atoms. The number of hydrogen-bond donors (Lipinski definition) is 1. The van der Waals surface area contributed by atoms with Gasteiger partial charge in [-0.05, 0) is 24.6 Å². The van der Waals surface area contributed by atoms with Crippen LogP contribution in [0.1, 0.15) is 18.9 Å². The van der Waals surface area contributed by atoms with Crippen molar-refractivity contribution in [3.05, 3.63) is 29.6 Å². The zero-order valence-corrected chi connectivity index (χ0v) is 10.9. The number of carbonyl (C=O) groups is 2. The molecule has 0 saturated heterocycles. The molecule has 0 unspecified atom stereocenters. The second kappa shape index (κ2) is 7.35. The number of nitrogens with one attached hydrogen (secondary N) is 1. The van der Waals surface area contributed by atoms with E-state index in [4.69, 9.17) is 4.74 Å². The first kappa shape index (κ1) is 14.9. The van der Waals surface area contributed by atoms with Crippen molar-refractivity contribution < 1.29 is 23.5 Å². The van der Waals surface area contributed by atoms with Gasteiger partial charge in [0.25, 0.3) is 0 Å². The maximum absolute atomic E-state index is 13.5. The lowest BCUT2D eigenvalue weighted by Crippen LogP contribution is -2.25. The molecule has 104 valence electrons. The van der Waals surface area contributed by atoms with Gasteiger partial charge in [0.15, 0.2) is 11.6 Å². The molecule has 0 spiro atoms. The Morgan fingerprint density at radius 3 is 2.68 bits per heavy atom. The second-order valence-electron chi connectivity index (χ2n) is 3.73. The molecule has 0 heterocycles. The Balaban J connectivity index is 2.52. The van der Waals surface area contributed by atoms with Gasteiger partial charge in [0.1, 0.15) is 6.42 Å². The quantitative estimate of drug-likeness (QED) is 0.626. The third-order valence-electron chi connectivity index (χ3n) is 2.32. The van der Waals surface area contributed by atoms with E-state index in [0.717, 1.165) is 0 Å². The normalized spacial score (nSPS) is 9.84. The highest BCUT2D eigenvalue weighted by Gasteiger charge is 2.09. The third kappa shape index (κ3) is 4.95. The van der Waals surface area contributed by atoms with E-state index >= 15 is 0 Å². The van der Waals surface area contributed by atoms with Gasteiger partial charge < -0.3 is 14.8 Å². The molecule has 0 aliphatic heterocycles. The van der Waals surface area contributed by atoms with Crippen LogP contribution >= 0.6 is 0 Å². The molecule has 1 aromatic rings. The van der Waals surface area contributed by atoms with Crippen molar-refractivity contribution in [3.8, 4) is 5.75 Å². The van der Waals surface area contributed by atoms with E-state index in [9.17, 15) is 14.0 Å². The average Bonchev–Trinajstić information content (AvgIpc) is 2.39. The van der Waals surface area contributed by atoms with Gasteiger partial charge >= 0.3 is 5.97 Å². The number of hydrogen-bond acceptors (Lipinski definition) is 4. The van der Waals surface area contributed by atoms with E-state index in [2.05, 4.69) is 10.1 Å². The Morgan fingerprint density at radius 2 is 2.11 bits per heavy atom. The van der Waals surface area contributed by atoms with Crippen molar-refractivity contribution in [1.82, 2.24) is 5.32 Å². The predicted octanol–water partition coefficient (Wildman–Crippen LogP) is 1.40. The van der Waals surface area contributed by atoms with Crippen LogP contribution in [0.4, 0.5) is 4.39 Å². The van der Waals surface area contributed by atoms with Gasteiger partial charge in [0.05, 0.1) is 13.7 Å². The lowest BCUT2D eigenvalue weighted by Gasteiger charge is -2.08. The molecule has 1 N–H and O–H groups in total. The van der Waals surface area contributed by atoms with E-state index in [0.29, 0.717) is 12.2 Å². The van der Waals surface area contributed by atoms with Crippen molar-refractivity contribution in [3.63, 3.8) is 0 Å². The minimum absolute atomic E-state index is 0.138. The minimum Gasteiger partial charge on any atom is -0.491 e. The lowest BCUT2D eigenvalue weighted by molar-refractivity contribution is -0.143. The number of halogens is 1. The molecule has 0 saturated carbocycles. The standard InChI is InChI=1S/C13H16FNO4/c1-3-19-11-5-4-9(6-10(11)14)8-15-12(16)7-13(17)18-2/h4-6H,3,7-8H2,1-2H3,(H,15,16). The predicted molar refractivity (Wildman–Crippen MR) is 66.0 cm³/mol. The number of esters is 1. The van der Waals surface area contributed by atoms with E-state index in [1.807, 2.05) is 0 Å². The first-order valence-corrected chi connectivity index (χ1v) is 5.81. The maximum atomic E-state index is 13.5. The highest BCUT2D eigenvalue weighted by Crippen LogP contribution is 2.18. The van der Waals surface area contributed by atoms with Crippen LogP contribution in [-0.2, 0) is 20.9 Å². The van der Waals surface area contributed by atoms with Crippen LogP contribution in [0.3, 0.4) is 0 Å². The summed E-state index contributed by atoms with van der Waals surface area (Å²) in [6.07, 6.45) is -0.351. The zero-order valence-electron chi connectivity index (χ0n) is 10.9. The largest absolute Gasteiger partial charge is 0.491 e. The Hall–Kier alpha value is -2.11. The molecule has 1 aromatic carbocycles. The van der Waals surface area contributed by atoms with E-state index in [1.54, 1.807) is 13.0 Å². The van der Waals surface area contributed by atoms with Gasteiger partial charge in [-0.1, -0.05) is 6.07 Å². The second-order valence-corrected chi connectivity index (χ2v) is 3.73. The Bertz CT molecular complexity index is 462. The summed E-state index contributed by atoms with van der Waals surface area (Å²) in [7, 11) is 1.21. The van der Waals surface area contributed by atoms with E-state index in [-0.39, 0.29) is 18.7 Å². The molecule has 19 heavy (non-hydrogen) atoms. The molecule has 5 nitrogen and oxygen atoms in total. The summed E-state index contributed by atoms with van der Waals surface area (Å²) in [5.41, 5.74) is 0.583. The maximum Gasteiger partial charge on any atom is 0.315 e. The number of ether oxygens (including phenoxy) is 2. The molecule has 0 aromatic heterocycles. The summed E-state index contributed by atoms with van der Waals surface area (Å²) < 4.78 is 22.9. The summed E-state index contributed by atoms with van der Waals surface area (Å²) in [6, 6.07) is 4.43. The summed E-state index contributed by atoms with van der Waals surface area (Å²) in [5, 5.41) is 2.50. The van der Waals surface area contributed by atoms with Crippen LogP contribution in [0.5, 0.6) is 5.75 Å².